The molecule has 0 atom stereocenters. The summed E-state index contributed by atoms with van der Waals surface area (Å²) < 4.78 is 5.95. The van der Waals surface area contributed by atoms with Gasteiger partial charge < -0.3 is 10.1 Å². The Morgan fingerprint density at radius 3 is 2.71 bits per heavy atom. The third-order valence-corrected chi connectivity index (χ3v) is 3.49. The van der Waals surface area contributed by atoms with E-state index in [1.54, 1.807) is 0 Å². The molecule has 0 aliphatic rings. The summed E-state index contributed by atoms with van der Waals surface area (Å²) in [6, 6.07) is 10.1. The van der Waals surface area contributed by atoms with Crippen LogP contribution in [0.2, 0.25) is 5.02 Å². The third kappa shape index (κ3) is 4.73. The van der Waals surface area contributed by atoms with Crippen LogP contribution in [0.5, 0.6) is 5.75 Å². The van der Waals surface area contributed by atoms with Crippen LogP contribution in [0.15, 0.2) is 36.5 Å². The van der Waals surface area contributed by atoms with Gasteiger partial charge in [0, 0.05) is 46.7 Å². The number of ether oxygens (including phenoxy) is 1. The average Bonchev–Trinajstić information content (AvgIpc) is 2.45. The van der Waals surface area contributed by atoms with Crippen LogP contribution in [0.3, 0.4) is 0 Å². The van der Waals surface area contributed by atoms with Crippen molar-refractivity contribution < 1.29 is 4.74 Å². The predicted octanol–water partition coefficient (Wildman–Crippen LogP) is 4.12. The van der Waals surface area contributed by atoms with E-state index in [2.05, 4.69) is 24.1 Å². The standard InChI is InChI=1S/C17H21ClN2O/c1-12(2)19-9-15-10-20-13(3)8-17(15)21-11-14-6-4-5-7-16(14)18/h4-8,10,12,19H,9,11H2,1-3H3. The van der Waals surface area contributed by atoms with Crippen molar-refractivity contribution in [3.05, 3.63) is 58.4 Å². The molecule has 0 aliphatic heterocycles. The fourth-order valence-corrected chi connectivity index (χ4v) is 2.11. The van der Waals surface area contributed by atoms with Gasteiger partial charge in [-0.2, -0.15) is 0 Å². The highest BCUT2D eigenvalue weighted by atomic mass is 35.5. The van der Waals surface area contributed by atoms with Gasteiger partial charge in [-0.05, 0) is 13.0 Å². The average molecular weight is 305 g/mol. The van der Waals surface area contributed by atoms with Crippen molar-refractivity contribution >= 4 is 11.6 Å². The van der Waals surface area contributed by atoms with Gasteiger partial charge in [-0.3, -0.25) is 4.98 Å². The number of nitrogens with one attached hydrogen (secondary N) is 1. The molecule has 0 radical (unpaired) electrons. The molecule has 2 rings (SSSR count). The third-order valence-electron chi connectivity index (χ3n) is 3.12. The first kappa shape index (κ1) is 15.8. The number of rotatable bonds is 6. The maximum atomic E-state index is 6.16. The number of pyridine rings is 1. The SMILES string of the molecule is Cc1cc(OCc2ccccc2Cl)c(CNC(C)C)cn1. The van der Waals surface area contributed by atoms with Gasteiger partial charge >= 0.3 is 0 Å². The van der Waals surface area contributed by atoms with Crippen molar-refractivity contribution in [2.45, 2.75) is 40.0 Å². The molecule has 4 heteroatoms. The second-order valence-corrected chi connectivity index (χ2v) is 5.76. The number of hydrogen-bond donors (Lipinski definition) is 1. The monoisotopic (exact) mass is 304 g/mol. The van der Waals surface area contributed by atoms with Crippen molar-refractivity contribution in [2.75, 3.05) is 0 Å². The van der Waals surface area contributed by atoms with Crippen LogP contribution >= 0.6 is 11.6 Å². The second-order valence-electron chi connectivity index (χ2n) is 5.35. The summed E-state index contributed by atoms with van der Waals surface area (Å²) in [5.74, 6) is 0.857. The molecule has 0 saturated carbocycles. The molecule has 21 heavy (non-hydrogen) atoms. The van der Waals surface area contributed by atoms with Gasteiger partial charge in [-0.1, -0.05) is 43.6 Å². The van der Waals surface area contributed by atoms with Crippen molar-refractivity contribution in [1.29, 1.82) is 0 Å². The maximum Gasteiger partial charge on any atom is 0.127 e. The molecule has 0 bridgehead atoms. The smallest absolute Gasteiger partial charge is 0.127 e. The van der Waals surface area contributed by atoms with E-state index in [9.17, 15) is 0 Å². The van der Waals surface area contributed by atoms with Crippen LogP contribution in [0, 0.1) is 6.92 Å². The van der Waals surface area contributed by atoms with Gasteiger partial charge in [0.2, 0.25) is 0 Å². The van der Waals surface area contributed by atoms with E-state index in [1.165, 1.54) is 0 Å². The lowest BCUT2D eigenvalue weighted by molar-refractivity contribution is 0.301. The van der Waals surface area contributed by atoms with Crippen molar-refractivity contribution in [3.63, 3.8) is 0 Å². The van der Waals surface area contributed by atoms with Crippen LogP contribution in [-0.2, 0) is 13.2 Å². The van der Waals surface area contributed by atoms with Crippen LogP contribution in [0.25, 0.3) is 0 Å². The molecule has 0 saturated heterocycles. The largest absolute Gasteiger partial charge is 0.488 e. The first-order valence-corrected chi connectivity index (χ1v) is 7.49. The van der Waals surface area contributed by atoms with Gasteiger partial charge in [0.25, 0.3) is 0 Å². The summed E-state index contributed by atoms with van der Waals surface area (Å²) in [5.41, 5.74) is 2.98. The number of halogens is 1. The predicted molar refractivity (Wildman–Crippen MR) is 86.7 cm³/mol. The van der Waals surface area contributed by atoms with E-state index in [1.807, 2.05) is 43.5 Å². The van der Waals surface area contributed by atoms with E-state index < -0.39 is 0 Å². The lowest BCUT2D eigenvalue weighted by atomic mass is 10.2. The fourth-order valence-electron chi connectivity index (χ4n) is 1.92. The van der Waals surface area contributed by atoms with Gasteiger partial charge in [0.15, 0.2) is 0 Å². The first-order chi connectivity index (χ1) is 10.1. The van der Waals surface area contributed by atoms with Gasteiger partial charge in [0.1, 0.15) is 12.4 Å². The van der Waals surface area contributed by atoms with Crippen molar-refractivity contribution in [2.24, 2.45) is 0 Å². The zero-order valence-electron chi connectivity index (χ0n) is 12.7. The summed E-state index contributed by atoms with van der Waals surface area (Å²) in [6.45, 7) is 7.39. The lowest BCUT2D eigenvalue weighted by Gasteiger charge is -2.14. The quantitative estimate of drug-likeness (QED) is 0.871. The zero-order valence-corrected chi connectivity index (χ0v) is 13.4. The van der Waals surface area contributed by atoms with Gasteiger partial charge in [0.05, 0.1) is 0 Å². The molecule has 0 unspecified atom stereocenters. The molecule has 0 spiro atoms. The molecule has 1 N–H and O–H groups in total. The molecule has 3 nitrogen and oxygen atoms in total. The molecular weight excluding hydrogens is 284 g/mol. The lowest BCUT2D eigenvalue weighted by Crippen LogP contribution is -2.22. The molecular formula is C17H21ClN2O. The van der Waals surface area contributed by atoms with Crippen LogP contribution in [0.4, 0.5) is 0 Å². The Kier molecular flexibility index (Phi) is 5.59. The molecule has 0 fully saturated rings. The fraction of sp³-hybridized carbons (Fsp3) is 0.353. The van der Waals surface area contributed by atoms with E-state index in [-0.39, 0.29) is 0 Å². The zero-order chi connectivity index (χ0) is 15.2. The van der Waals surface area contributed by atoms with E-state index in [0.717, 1.165) is 34.1 Å². The number of nitrogens with zero attached hydrogens (tertiary/aromatic N) is 1. The minimum absolute atomic E-state index is 0.419. The van der Waals surface area contributed by atoms with E-state index in [4.69, 9.17) is 16.3 Å². The molecule has 1 aromatic heterocycles. The summed E-state index contributed by atoms with van der Waals surface area (Å²) in [5, 5.41) is 4.11. The van der Waals surface area contributed by atoms with Crippen LogP contribution < -0.4 is 10.1 Å². The minimum Gasteiger partial charge on any atom is -0.488 e. The number of hydrogen-bond acceptors (Lipinski definition) is 3. The Morgan fingerprint density at radius 1 is 1.24 bits per heavy atom. The summed E-state index contributed by atoms with van der Waals surface area (Å²) in [6.07, 6.45) is 1.87. The topological polar surface area (TPSA) is 34.1 Å². The summed E-state index contributed by atoms with van der Waals surface area (Å²) >= 11 is 6.16. The summed E-state index contributed by atoms with van der Waals surface area (Å²) in [7, 11) is 0. The molecule has 2 aromatic rings. The van der Waals surface area contributed by atoms with E-state index >= 15 is 0 Å². The Morgan fingerprint density at radius 2 is 2.00 bits per heavy atom. The number of aryl methyl sites for hydroxylation is 1. The molecule has 0 amide bonds. The first-order valence-electron chi connectivity index (χ1n) is 7.11. The normalized spacial score (nSPS) is 10.9. The number of benzene rings is 1. The van der Waals surface area contributed by atoms with Crippen LogP contribution in [0.1, 0.15) is 30.7 Å². The maximum absolute atomic E-state index is 6.16. The molecule has 1 aromatic carbocycles. The molecule has 0 aliphatic carbocycles. The van der Waals surface area contributed by atoms with Crippen molar-refractivity contribution in [1.82, 2.24) is 10.3 Å². The highest BCUT2D eigenvalue weighted by molar-refractivity contribution is 6.31. The minimum atomic E-state index is 0.419. The van der Waals surface area contributed by atoms with E-state index in [0.29, 0.717) is 12.6 Å². The van der Waals surface area contributed by atoms with Gasteiger partial charge in [-0.25, -0.2) is 0 Å². The highest BCUT2D eigenvalue weighted by Crippen LogP contribution is 2.22. The summed E-state index contributed by atoms with van der Waals surface area (Å²) in [4.78, 5) is 4.34. The molecule has 1 heterocycles. The Hall–Kier alpha value is -1.58. The second kappa shape index (κ2) is 7.43. The van der Waals surface area contributed by atoms with Crippen molar-refractivity contribution in [3.8, 4) is 5.75 Å². The van der Waals surface area contributed by atoms with Gasteiger partial charge in [-0.15, -0.1) is 0 Å². The Balaban J connectivity index is 2.11. The Bertz CT molecular complexity index is 599. The highest BCUT2D eigenvalue weighted by Gasteiger charge is 2.07. The Labute approximate surface area is 131 Å². The number of aromatic nitrogens is 1. The molecule has 112 valence electrons. The van der Waals surface area contributed by atoms with Crippen LogP contribution in [-0.4, -0.2) is 11.0 Å².